The molecule has 0 amide bonds. The van der Waals surface area contributed by atoms with Crippen LogP contribution in [-0.2, 0) is 4.74 Å². The molecule has 1 aromatic carbocycles. The van der Waals surface area contributed by atoms with Gasteiger partial charge in [0.05, 0.1) is 12.3 Å². The maximum atomic E-state index is 6.03. The van der Waals surface area contributed by atoms with E-state index in [1.165, 1.54) is 6.42 Å². The number of rotatable bonds is 4. The van der Waals surface area contributed by atoms with Gasteiger partial charge in [-0.2, -0.15) is 0 Å². The van der Waals surface area contributed by atoms with Crippen LogP contribution < -0.4 is 5.73 Å². The fourth-order valence-electron chi connectivity index (χ4n) is 2.66. The maximum Gasteiger partial charge on any atom is 0.124 e. The number of hydrogen-bond donors (Lipinski definition) is 1. The first-order valence-corrected chi connectivity index (χ1v) is 8.30. The molecular formula is C16H21N3OS. The Bertz CT molecular complexity index is 597. The Morgan fingerprint density at radius 1 is 1.43 bits per heavy atom. The molecule has 1 aromatic heterocycles. The number of ether oxygens (including phenoxy) is 1. The fourth-order valence-corrected chi connectivity index (χ4v) is 3.52. The lowest BCUT2D eigenvalue weighted by Gasteiger charge is -2.31. The van der Waals surface area contributed by atoms with Gasteiger partial charge in [0, 0.05) is 29.7 Å². The average Bonchev–Trinajstić information content (AvgIpc) is 2.98. The van der Waals surface area contributed by atoms with Gasteiger partial charge in [0.1, 0.15) is 11.1 Å². The van der Waals surface area contributed by atoms with Crippen LogP contribution in [0.4, 0.5) is 5.69 Å². The van der Waals surface area contributed by atoms with E-state index < -0.39 is 0 Å². The van der Waals surface area contributed by atoms with Crippen molar-refractivity contribution in [2.75, 3.05) is 32.0 Å². The van der Waals surface area contributed by atoms with Crippen LogP contribution in [0.2, 0.25) is 0 Å². The molecule has 0 bridgehead atoms. The number of morpholine rings is 1. The molecule has 0 aliphatic carbocycles. The van der Waals surface area contributed by atoms with Gasteiger partial charge in [0.25, 0.3) is 0 Å². The second kappa shape index (κ2) is 6.56. The van der Waals surface area contributed by atoms with Crippen molar-refractivity contribution < 1.29 is 4.74 Å². The smallest absolute Gasteiger partial charge is 0.124 e. The number of aromatic nitrogens is 1. The first-order chi connectivity index (χ1) is 10.3. The second-order valence-corrected chi connectivity index (χ2v) is 6.21. The number of anilines is 1. The number of thiazole rings is 1. The number of nitrogen functional groups attached to an aromatic ring is 1. The summed E-state index contributed by atoms with van der Waals surface area (Å²) in [6.07, 6.45) is 1.27. The summed E-state index contributed by atoms with van der Waals surface area (Å²) in [6.45, 7) is 6.08. The quantitative estimate of drug-likeness (QED) is 0.881. The van der Waals surface area contributed by atoms with Crippen molar-refractivity contribution in [2.45, 2.75) is 19.4 Å². The molecule has 5 heteroatoms. The third kappa shape index (κ3) is 3.26. The maximum absolute atomic E-state index is 6.03. The lowest BCUT2D eigenvalue weighted by molar-refractivity contribution is -0.0298. The van der Waals surface area contributed by atoms with Crippen LogP contribution in [0.5, 0.6) is 0 Å². The summed E-state index contributed by atoms with van der Waals surface area (Å²) in [5, 5.41) is 3.12. The van der Waals surface area contributed by atoms with E-state index in [-0.39, 0.29) is 6.10 Å². The molecule has 3 rings (SSSR count). The lowest BCUT2D eigenvalue weighted by atomic mass is 10.1. The molecule has 1 aliphatic rings. The topological polar surface area (TPSA) is 51.4 Å². The van der Waals surface area contributed by atoms with E-state index >= 15 is 0 Å². The van der Waals surface area contributed by atoms with Crippen molar-refractivity contribution in [1.82, 2.24) is 9.88 Å². The minimum atomic E-state index is 0.0917. The summed E-state index contributed by atoms with van der Waals surface area (Å²) in [5.41, 5.74) is 8.75. The van der Waals surface area contributed by atoms with Crippen LogP contribution in [0.1, 0.15) is 24.5 Å². The standard InChI is InChI=1S/C16H21N3OS/c1-2-7-19-8-9-20-15(10-19)16-18-14(11-21-16)12-5-3-4-6-13(12)17/h3-6,11,15H,2,7-10,17H2,1H3. The summed E-state index contributed by atoms with van der Waals surface area (Å²) >= 11 is 1.66. The number of hydrogen-bond acceptors (Lipinski definition) is 5. The average molecular weight is 303 g/mol. The van der Waals surface area contributed by atoms with Gasteiger partial charge in [-0.15, -0.1) is 11.3 Å². The Hall–Kier alpha value is -1.43. The Morgan fingerprint density at radius 2 is 2.29 bits per heavy atom. The molecule has 1 fully saturated rings. The van der Waals surface area contributed by atoms with Gasteiger partial charge in [-0.05, 0) is 19.0 Å². The summed E-state index contributed by atoms with van der Waals surface area (Å²) in [6, 6.07) is 7.86. The molecule has 1 saturated heterocycles. The zero-order valence-electron chi connectivity index (χ0n) is 12.3. The summed E-state index contributed by atoms with van der Waals surface area (Å²) < 4.78 is 5.90. The van der Waals surface area contributed by atoms with Crippen molar-refractivity contribution in [2.24, 2.45) is 0 Å². The Balaban J connectivity index is 1.77. The van der Waals surface area contributed by atoms with Crippen LogP contribution in [0.15, 0.2) is 29.6 Å². The van der Waals surface area contributed by atoms with Gasteiger partial charge in [0.15, 0.2) is 0 Å². The largest absolute Gasteiger partial charge is 0.398 e. The molecule has 21 heavy (non-hydrogen) atoms. The molecule has 0 saturated carbocycles. The minimum Gasteiger partial charge on any atom is -0.398 e. The van der Waals surface area contributed by atoms with E-state index in [1.807, 2.05) is 24.3 Å². The molecule has 0 spiro atoms. The van der Waals surface area contributed by atoms with E-state index in [9.17, 15) is 0 Å². The molecule has 1 aliphatic heterocycles. The highest BCUT2D eigenvalue weighted by molar-refractivity contribution is 7.10. The van der Waals surface area contributed by atoms with Crippen LogP contribution in [0.25, 0.3) is 11.3 Å². The van der Waals surface area contributed by atoms with Gasteiger partial charge < -0.3 is 10.5 Å². The van der Waals surface area contributed by atoms with Crippen molar-refractivity contribution >= 4 is 17.0 Å². The van der Waals surface area contributed by atoms with E-state index in [4.69, 9.17) is 15.5 Å². The minimum absolute atomic E-state index is 0.0917. The van der Waals surface area contributed by atoms with Gasteiger partial charge in [0.2, 0.25) is 0 Å². The van der Waals surface area contributed by atoms with Crippen LogP contribution in [0.3, 0.4) is 0 Å². The number of para-hydroxylation sites is 1. The third-order valence-electron chi connectivity index (χ3n) is 3.72. The molecule has 2 heterocycles. The Morgan fingerprint density at radius 3 is 3.10 bits per heavy atom. The Labute approximate surface area is 129 Å². The highest BCUT2D eigenvalue weighted by atomic mass is 32.1. The van der Waals surface area contributed by atoms with Gasteiger partial charge in [-0.1, -0.05) is 25.1 Å². The monoisotopic (exact) mass is 303 g/mol. The van der Waals surface area contributed by atoms with Crippen molar-refractivity contribution in [1.29, 1.82) is 0 Å². The molecule has 1 unspecified atom stereocenters. The molecule has 112 valence electrons. The van der Waals surface area contributed by atoms with E-state index in [0.29, 0.717) is 0 Å². The number of nitrogens with two attached hydrogens (primary N) is 1. The van der Waals surface area contributed by atoms with E-state index in [0.717, 1.165) is 48.2 Å². The zero-order chi connectivity index (χ0) is 14.7. The van der Waals surface area contributed by atoms with Crippen LogP contribution in [0, 0.1) is 0 Å². The van der Waals surface area contributed by atoms with Crippen LogP contribution in [-0.4, -0.2) is 36.1 Å². The van der Waals surface area contributed by atoms with E-state index in [1.54, 1.807) is 11.3 Å². The van der Waals surface area contributed by atoms with Crippen molar-refractivity contribution in [3.8, 4) is 11.3 Å². The van der Waals surface area contributed by atoms with Crippen molar-refractivity contribution in [3.05, 3.63) is 34.7 Å². The first-order valence-electron chi connectivity index (χ1n) is 7.42. The predicted octanol–water partition coefficient (Wildman–Crippen LogP) is 3.18. The molecule has 2 N–H and O–H groups in total. The molecule has 0 radical (unpaired) electrons. The lowest BCUT2D eigenvalue weighted by Crippen LogP contribution is -2.38. The van der Waals surface area contributed by atoms with Gasteiger partial charge in [-0.3, -0.25) is 4.90 Å². The van der Waals surface area contributed by atoms with Gasteiger partial charge >= 0.3 is 0 Å². The number of benzene rings is 1. The van der Waals surface area contributed by atoms with E-state index in [2.05, 4.69) is 17.2 Å². The molecular weight excluding hydrogens is 282 g/mol. The molecule has 1 atom stereocenters. The Kier molecular flexibility index (Phi) is 4.53. The summed E-state index contributed by atoms with van der Waals surface area (Å²) in [7, 11) is 0. The summed E-state index contributed by atoms with van der Waals surface area (Å²) in [4.78, 5) is 7.20. The molecule has 2 aromatic rings. The first kappa shape index (κ1) is 14.5. The number of nitrogens with zero attached hydrogens (tertiary/aromatic N) is 2. The third-order valence-corrected chi connectivity index (χ3v) is 4.66. The SMILES string of the molecule is CCCN1CCOC(c2nc(-c3ccccc3N)cs2)C1. The van der Waals surface area contributed by atoms with Gasteiger partial charge in [-0.25, -0.2) is 4.98 Å². The normalized spacial score (nSPS) is 19.8. The fraction of sp³-hybridized carbons (Fsp3) is 0.438. The highest BCUT2D eigenvalue weighted by Crippen LogP contribution is 2.31. The second-order valence-electron chi connectivity index (χ2n) is 5.32. The van der Waals surface area contributed by atoms with Crippen molar-refractivity contribution in [3.63, 3.8) is 0 Å². The zero-order valence-corrected chi connectivity index (χ0v) is 13.1. The molecule has 4 nitrogen and oxygen atoms in total. The highest BCUT2D eigenvalue weighted by Gasteiger charge is 2.24. The predicted molar refractivity (Wildman–Crippen MR) is 87.4 cm³/mol. The summed E-state index contributed by atoms with van der Waals surface area (Å²) in [5.74, 6) is 0. The van der Waals surface area contributed by atoms with Crippen LogP contribution >= 0.6 is 11.3 Å².